The molecule has 25 heavy (non-hydrogen) atoms. The predicted molar refractivity (Wildman–Crippen MR) is 94.2 cm³/mol. The Kier molecular flexibility index (Phi) is 4.81. The van der Waals surface area contributed by atoms with Crippen molar-refractivity contribution in [2.75, 3.05) is 0 Å². The van der Waals surface area contributed by atoms with Gasteiger partial charge in [0.05, 0.1) is 22.7 Å². The first kappa shape index (κ1) is 17.5. The molecule has 1 heterocycles. The number of para-hydroxylation sites is 1. The molecule has 0 saturated heterocycles. The maximum atomic E-state index is 12.7. The third-order valence-corrected chi connectivity index (χ3v) is 4.95. The molecule has 0 radical (unpaired) electrons. The molecule has 6 nitrogen and oxygen atoms in total. The highest BCUT2D eigenvalue weighted by atomic mass is 35.5. The molecular weight excluding hydrogens is 342 g/mol. The molecule has 1 saturated carbocycles. The fourth-order valence-electron chi connectivity index (χ4n) is 3.44. The number of aromatic nitrogens is 2. The molecule has 2 N–H and O–H groups in total. The Bertz CT molecular complexity index is 810. The Hall–Kier alpha value is -2.34. The summed E-state index contributed by atoms with van der Waals surface area (Å²) in [6.07, 6.45) is 3.12. The number of nitrogens with zero attached hydrogens (tertiary/aromatic N) is 2. The van der Waals surface area contributed by atoms with Gasteiger partial charge in [0.2, 0.25) is 0 Å². The number of hydrogen-bond acceptors (Lipinski definition) is 3. The third kappa shape index (κ3) is 3.69. The lowest BCUT2D eigenvalue weighted by Gasteiger charge is -2.28. The lowest BCUT2D eigenvalue weighted by atomic mass is 9.93. The van der Waals surface area contributed by atoms with Crippen LogP contribution in [-0.2, 0) is 4.79 Å². The lowest BCUT2D eigenvalue weighted by Crippen LogP contribution is -2.48. The largest absolute Gasteiger partial charge is 0.481 e. The number of halogens is 1. The van der Waals surface area contributed by atoms with Crippen molar-refractivity contribution in [3.8, 4) is 5.69 Å². The summed E-state index contributed by atoms with van der Waals surface area (Å²) in [5.41, 5.74) is 1.05. The molecule has 7 heteroatoms. The normalized spacial score (nSPS) is 15.9. The van der Waals surface area contributed by atoms with Crippen LogP contribution in [0.25, 0.3) is 5.69 Å². The fourth-order valence-corrected chi connectivity index (χ4v) is 3.66. The van der Waals surface area contributed by atoms with Gasteiger partial charge in [0, 0.05) is 5.69 Å². The van der Waals surface area contributed by atoms with Crippen LogP contribution in [0.1, 0.15) is 48.3 Å². The van der Waals surface area contributed by atoms with Gasteiger partial charge < -0.3 is 10.4 Å². The number of aryl methyl sites for hydroxylation is 1. The first-order chi connectivity index (χ1) is 11.9. The molecule has 1 aliphatic rings. The molecule has 1 aliphatic carbocycles. The molecule has 3 rings (SSSR count). The first-order valence-electron chi connectivity index (χ1n) is 8.26. The van der Waals surface area contributed by atoms with Gasteiger partial charge in [0.15, 0.2) is 5.69 Å². The van der Waals surface area contributed by atoms with Gasteiger partial charge in [0.25, 0.3) is 5.91 Å². The molecule has 0 spiro atoms. The molecule has 1 amide bonds. The van der Waals surface area contributed by atoms with Gasteiger partial charge in [-0.05, 0) is 38.0 Å². The molecule has 0 bridgehead atoms. The highest BCUT2D eigenvalue weighted by Gasteiger charge is 2.38. The number of carbonyl (C=O) groups excluding carboxylic acids is 1. The van der Waals surface area contributed by atoms with Crippen LogP contribution in [0.15, 0.2) is 30.3 Å². The lowest BCUT2D eigenvalue weighted by molar-refractivity contribution is -0.138. The van der Waals surface area contributed by atoms with Crippen LogP contribution in [0.2, 0.25) is 5.02 Å². The Morgan fingerprint density at radius 1 is 1.32 bits per heavy atom. The number of carboxylic acid groups (broad SMARTS) is 1. The van der Waals surface area contributed by atoms with E-state index in [4.69, 9.17) is 16.7 Å². The second kappa shape index (κ2) is 6.88. The minimum Gasteiger partial charge on any atom is -0.481 e. The van der Waals surface area contributed by atoms with E-state index in [0.29, 0.717) is 23.6 Å². The molecular formula is C18H20ClN3O3. The van der Waals surface area contributed by atoms with Crippen molar-refractivity contribution in [2.45, 2.75) is 44.6 Å². The summed E-state index contributed by atoms with van der Waals surface area (Å²) in [4.78, 5) is 23.8. The van der Waals surface area contributed by atoms with E-state index in [1.54, 1.807) is 16.8 Å². The van der Waals surface area contributed by atoms with Crippen LogP contribution in [0.4, 0.5) is 0 Å². The fraction of sp³-hybridized carbons (Fsp3) is 0.389. The second-order valence-corrected chi connectivity index (χ2v) is 6.95. The number of carbonyl (C=O) groups is 2. The number of benzene rings is 1. The van der Waals surface area contributed by atoms with Crippen molar-refractivity contribution < 1.29 is 14.7 Å². The van der Waals surface area contributed by atoms with Gasteiger partial charge in [-0.3, -0.25) is 9.59 Å². The van der Waals surface area contributed by atoms with Crippen LogP contribution in [-0.4, -0.2) is 32.3 Å². The SMILES string of the molecule is Cc1cc(C(=O)NC2(CC(=O)O)CCCC2)nn1-c1ccccc1Cl. The third-order valence-electron chi connectivity index (χ3n) is 4.63. The zero-order valence-corrected chi connectivity index (χ0v) is 14.7. The quantitative estimate of drug-likeness (QED) is 0.855. The highest BCUT2D eigenvalue weighted by Crippen LogP contribution is 2.33. The average Bonchev–Trinajstić information content (AvgIpc) is 3.14. The summed E-state index contributed by atoms with van der Waals surface area (Å²) < 4.78 is 1.62. The number of carboxylic acids is 1. The maximum Gasteiger partial charge on any atom is 0.305 e. The minimum absolute atomic E-state index is 0.0665. The number of hydrogen-bond donors (Lipinski definition) is 2. The Balaban J connectivity index is 1.85. The minimum atomic E-state index is -0.903. The summed E-state index contributed by atoms with van der Waals surface area (Å²) in [6, 6.07) is 8.95. The van der Waals surface area contributed by atoms with Crippen LogP contribution in [0.5, 0.6) is 0 Å². The molecule has 0 aliphatic heterocycles. The van der Waals surface area contributed by atoms with Gasteiger partial charge >= 0.3 is 5.97 Å². The first-order valence-corrected chi connectivity index (χ1v) is 8.64. The number of amides is 1. The van der Waals surface area contributed by atoms with E-state index in [1.807, 2.05) is 25.1 Å². The molecule has 1 aromatic heterocycles. The number of aliphatic carboxylic acids is 1. The van der Waals surface area contributed by atoms with Crippen molar-refractivity contribution in [1.82, 2.24) is 15.1 Å². The maximum absolute atomic E-state index is 12.7. The second-order valence-electron chi connectivity index (χ2n) is 6.55. The molecule has 132 valence electrons. The Labute approximate surface area is 150 Å². The van der Waals surface area contributed by atoms with Gasteiger partial charge in [-0.25, -0.2) is 4.68 Å². The van der Waals surface area contributed by atoms with E-state index in [9.17, 15) is 9.59 Å². The van der Waals surface area contributed by atoms with E-state index in [0.717, 1.165) is 18.5 Å². The average molecular weight is 362 g/mol. The van der Waals surface area contributed by atoms with E-state index in [-0.39, 0.29) is 18.0 Å². The van der Waals surface area contributed by atoms with Gasteiger partial charge in [0.1, 0.15) is 0 Å². The summed E-state index contributed by atoms with van der Waals surface area (Å²) in [5.74, 6) is -1.25. The molecule has 2 aromatic rings. The van der Waals surface area contributed by atoms with E-state index < -0.39 is 11.5 Å². The van der Waals surface area contributed by atoms with Crippen molar-refractivity contribution in [1.29, 1.82) is 0 Å². The van der Waals surface area contributed by atoms with Crippen molar-refractivity contribution >= 4 is 23.5 Å². The molecule has 1 fully saturated rings. The van der Waals surface area contributed by atoms with Crippen molar-refractivity contribution in [3.63, 3.8) is 0 Å². The monoisotopic (exact) mass is 361 g/mol. The van der Waals surface area contributed by atoms with Crippen molar-refractivity contribution in [2.24, 2.45) is 0 Å². The van der Waals surface area contributed by atoms with Crippen molar-refractivity contribution in [3.05, 3.63) is 46.7 Å². The zero-order chi connectivity index (χ0) is 18.0. The van der Waals surface area contributed by atoms with E-state index >= 15 is 0 Å². The number of rotatable bonds is 5. The molecule has 0 unspecified atom stereocenters. The van der Waals surface area contributed by atoms with Crippen LogP contribution < -0.4 is 5.32 Å². The Morgan fingerprint density at radius 3 is 2.64 bits per heavy atom. The summed E-state index contributed by atoms with van der Waals surface area (Å²) >= 11 is 6.21. The number of nitrogens with one attached hydrogen (secondary N) is 1. The van der Waals surface area contributed by atoms with Crippen LogP contribution >= 0.6 is 11.6 Å². The Morgan fingerprint density at radius 2 is 2.00 bits per heavy atom. The summed E-state index contributed by atoms with van der Waals surface area (Å²) in [5, 5.41) is 17.0. The molecule has 0 atom stereocenters. The zero-order valence-electron chi connectivity index (χ0n) is 14.0. The van der Waals surface area contributed by atoms with Crippen LogP contribution in [0.3, 0.4) is 0 Å². The standard InChI is InChI=1S/C18H20ClN3O3/c1-12-10-14(21-22(12)15-7-3-2-6-13(15)19)17(25)20-18(11-16(23)24)8-4-5-9-18/h2-3,6-7,10H,4-5,8-9,11H2,1H3,(H,20,25)(H,23,24). The smallest absolute Gasteiger partial charge is 0.305 e. The van der Waals surface area contributed by atoms with E-state index in [1.165, 1.54) is 0 Å². The summed E-state index contributed by atoms with van der Waals surface area (Å²) in [7, 11) is 0. The molecule has 1 aromatic carbocycles. The topological polar surface area (TPSA) is 84.2 Å². The van der Waals surface area contributed by atoms with E-state index in [2.05, 4.69) is 10.4 Å². The van der Waals surface area contributed by atoms with Gasteiger partial charge in [-0.1, -0.05) is 36.6 Å². The highest BCUT2D eigenvalue weighted by molar-refractivity contribution is 6.32. The predicted octanol–water partition coefficient (Wildman–Crippen LogP) is 3.35. The van der Waals surface area contributed by atoms with Gasteiger partial charge in [-0.2, -0.15) is 5.10 Å². The van der Waals surface area contributed by atoms with Gasteiger partial charge in [-0.15, -0.1) is 0 Å². The van der Waals surface area contributed by atoms with Crippen LogP contribution in [0, 0.1) is 6.92 Å². The summed E-state index contributed by atoms with van der Waals surface area (Å²) in [6.45, 7) is 1.84.